The van der Waals surface area contributed by atoms with Crippen molar-refractivity contribution in [1.82, 2.24) is 4.90 Å². The van der Waals surface area contributed by atoms with Gasteiger partial charge >= 0.3 is 0 Å². The highest BCUT2D eigenvalue weighted by atomic mass is 16.4. The molecule has 1 amide bonds. The van der Waals surface area contributed by atoms with Crippen LogP contribution in [0.1, 0.15) is 52.4 Å². The summed E-state index contributed by atoms with van der Waals surface area (Å²) in [6.07, 6.45) is 6.24. The molecule has 0 saturated carbocycles. The van der Waals surface area contributed by atoms with Crippen LogP contribution in [0.4, 0.5) is 0 Å². The van der Waals surface area contributed by atoms with Crippen molar-refractivity contribution in [3.63, 3.8) is 0 Å². The first-order chi connectivity index (χ1) is 8.56. The standard InChI is InChI=1S/C13H25N3O2/c1-3-13(2,11(14)15-18)12(17)16-9-7-5-4-6-8-10-16/h18H,3-10H2,1-2H3,(H2,14,15). The van der Waals surface area contributed by atoms with Gasteiger partial charge in [0, 0.05) is 13.1 Å². The van der Waals surface area contributed by atoms with Gasteiger partial charge in [0.05, 0.1) is 0 Å². The van der Waals surface area contributed by atoms with Crippen molar-refractivity contribution in [2.75, 3.05) is 13.1 Å². The number of likely N-dealkylation sites (tertiary alicyclic amines) is 1. The molecule has 0 bridgehead atoms. The number of carbonyl (C=O) groups is 1. The Morgan fingerprint density at radius 2 is 1.78 bits per heavy atom. The van der Waals surface area contributed by atoms with Gasteiger partial charge in [0.15, 0.2) is 5.84 Å². The maximum atomic E-state index is 12.6. The Morgan fingerprint density at radius 1 is 1.28 bits per heavy atom. The fourth-order valence-electron chi connectivity index (χ4n) is 2.35. The summed E-state index contributed by atoms with van der Waals surface area (Å²) in [5, 5.41) is 11.9. The molecule has 104 valence electrons. The van der Waals surface area contributed by atoms with Crippen LogP contribution >= 0.6 is 0 Å². The van der Waals surface area contributed by atoms with Crippen molar-refractivity contribution in [2.24, 2.45) is 16.3 Å². The van der Waals surface area contributed by atoms with Crippen LogP contribution in [0.25, 0.3) is 0 Å². The SMILES string of the molecule is CCC(C)(C(=O)N1CCCCCCC1)C(N)=NO. The Balaban J connectivity index is 2.81. The Hall–Kier alpha value is -1.26. The molecular formula is C13H25N3O2. The molecule has 1 saturated heterocycles. The van der Waals surface area contributed by atoms with Crippen molar-refractivity contribution in [3.05, 3.63) is 0 Å². The molecule has 18 heavy (non-hydrogen) atoms. The topological polar surface area (TPSA) is 78.9 Å². The molecule has 1 rings (SSSR count). The van der Waals surface area contributed by atoms with Crippen LogP contribution in [-0.4, -0.2) is 34.9 Å². The molecule has 1 heterocycles. The highest BCUT2D eigenvalue weighted by Crippen LogP contribution is 2.26. The number of amides is 1. The van der Waals surface area contributed by atoms with E-state index in [4.69, 9.17) is 10.9 Å². The van der Waals surface area contributed by atoms with E-state index in [1.807, 2.05) is 11.8 Å². The summed E-state index contributed by atoms with van der Waals surface area (Å²) in [6.45, 7) is 5.21. The van der Waals surface area contributed by atoms with E-state index < -0.39 is 5.41 Å². The molecule has 1 atom stereocenters. The van der Waals surface area contributed by atoms with Gasteiger partial charge in [-0.2, -0.15) is 0 Å². The van der Waals surface area contributed by atoms with Gasteiger partial charge in [-0.05, 0) is 26.2 Å². The summed E-state index contributed by atoms with van der Waals surface area (Å²) in [6, 6.07) is 0. The first-order valence-corrected chi connectivity index (χ1v) is 6.83. The lowest BCUT2D eigenvalue weighted by molar-refractivity contribution is -0.138. The smallest absolute Gasteiger partial charge is 0.236 e. The van der Waals surface area contributed by atoms with Crippen molar-refractivity contribution in [1.29, 1.82) is 0 Å². The molecule has 5 heteroatoms. The Bertz CT molecular complexity index is 309. The lowest BCUT2D eigenvalue weighted by Gasteiger charge is -2.34. The second kappa shape index (κ2) is 6.61. The van der Waals surface area contributed by atoms with Crippen LogP contribution in [0, 0.1) is 5.41 Å². The Labute approximate surface area is 109 Å². The van der Waals surface area contributed by atoms with Gasteiger partial charge in [-0.15, -0.1) is 0 Å². The number of carbonyl (C=O) groups excluding carboxylic acids is 1. The van der Waals surface area contributed by atoms with Crippen LogP contribution < -0.4 is 5.73 Å². The molecule has 0 spiro atoms. The van der Waals surface area contributed by atoms with E-state index in [0.717, 1.165) is 25.9 Å². The Kier molecular flexibility index (Phi) is 5.44. The highest BCUT2D eigenvalue weighted by molar-refractivity contribution is 6.06. The molecule has 0 aromatic rings. The van der Waals surface area contributed by atoms with Gasteiger partial charge in [-0.25, -0.2) is 0 Å². The third-order valence-electron chi connectivity index (χ3n) is 4.00. The fourth-order valence-corrected chi connectivity index (χ4v) is 2.35. The molecule has 0 aromatic carbocycles. The molecular weight excluding hydrogens is 230 g/mol. The van der Waals surface area contributed by atoms with Gasteiger partial charge in [-0.3, -0.25) is 4.79 Å². The molecule has 5 nitrogen and oxygen atoms in total. The van der Waals surface area contributed by atoms with Crippen LogP contribution in [0.15, 0.2) is 5.16 Å². The second-order valence-electron chi connectivity index (χ2n) is 5.23. The number of amidine groups is 1. The van der Waals surface area contributed by atoms with E-state index in [9.17, 15) is 4.79 Å². The summed E-state index contributed by atoms with van der Waals surface area (Å²) in [5.41, 5.74) is 4.81. The number of hydrogen-bond donors (Lipinski definition) is 2. The second-order valence-corrected chi connectivity index (χ2v) is 5.23. The monoisotopic (exact) mass is 255 g/mol. The number of nitrogens with two attached hydrogens (primary N) is 1. The summed E-state index contributed by atoms with van der Waals surface area (Å²) in [4.78, 5) is 14.4. The number of rotatable bonds is 3. The van der Waals surface area contributed by atoms with Gasteiger partial charge in [-0.1, -0.05) is 31.3 Å². The minimum atomic E-state index is -0.881. The van der Waals surface area contributed by atoms with Gasteiger partial charge in [0.1, 0.15) is 5.41 Å². The van der Waals surface area contributed by atoms with E-state index in [1.165, 1.54) is 19.3 Å². The molecule has 1 unspecified atom stereocenters. The molecule has 3 N–H and O–H groups in total. The number of hydrogen-bond acceptors (Lipinski definition) is 3. The maximum Gasteiger partial charge on any atom is 0.236 e. The average molecular weight is 255 g/mol. The molecule has 0 aliphatic carbocycles. The molecule has 0 aromatic heterocycles. The van der Waals surface area contributed by atoms with Crippen LogP contribution in [-0.2, 0) is 4.79 Å². The first-order valence-electron chi connectivity index (χ1n) is 6.83. The summed E-state index contributed by atoms with van der Waals surface area (Å²) in [7, 11) is 0. The van der Waals surface area contributed by atoms with E-state index >= 15 is 0 Å². The zero-order valence-corrected chi connectivity index (χ0v) is 11.5. The molecule has 1 fully saturated rings. The largest absolute Gasteiger partial charge is 0.409 e. The Morgan fingerprint density at radius 3 is 2.22 bits per heavy atom. The van der Waals surface area contributed by atoms with E-state index in [0.29, 0.717) is 6.42 Å². The number of nitrogens with zero attached hydrogens (tertiary/aromatic N) is 2. The highest BCUT2D eigenvalue weighted by Gasteiger charge is 2.39. The zero-order valence-electron chi connectivity index (χ0n) is 11.5. The summed E-state index contributed by atoms with van der Waals surface area (Å²) < 4.78 is 0. The quantitative estimate of drug-likeness (QED) is 0.350. The minimum absolute atomic E-state index is 0.0112. The maximum absolute atomic E-state index is 12.6. The lowest BCUT2D eigenvalue weighted by Crippen LogP contribution is -2.50. The van der Waals surface area contributed by atoms with Crippen molar-refractivity contribution in [2.45, 2.75) is 52.4 Å². The first kappa shape index (κ1) is 14.8. The normalized spacial score (nSPS) is 21.9. The molecule has 1 aliphatic rings. The van der Waals surface area contributed by atoms with Gasteiger partial charge < -0.3 is 15.8 Å². The molecule has 0 radical (unpaired) electrons. The van der Waals surface area contributed by atoms with Crippen molar-refractivity contribution in [3.8, 4) is 0 Å². The van der Waals surface area contributed by atoms with E-state index in [2.05, 4.69) is 5.16 Å². The van der Waals surface area contributed by atoms with Crippen LogP contribution in [0.3, 0.4) is 0 Å². The third-order valence-corrected chi connectivity index (χ3v) is 4.00. The zero-order chi connectivity index (χ0) is 13.6. The third kappa shape index (κ3) is 3.15. The predicted molar refractivity (Wildman–Crippen MR) is 71.5 cm³/mol. The van der Waals surface area contributed by atoms with Crippen molar-refractivity contribution >= 4 is 11.7 Å². The van der Waals surface area contributed by atoms with E-state index in [1.54, 1.807) is 6.92 Å². The lowest BCUT2D eigenvalue weighted by atomic mass is 9.84. The van der Waals surface area contributed by atoms with Gasteiger partial charge in [0.25, 0.3) is 0 Å². The minimum Gasteiger partial charge on any atom is -0.409 e. The summed E-state index contributed by atoms with van der Waals surface area (Å²) in [5.74, 6) is -0.000686. The fraction of sp³-hybridized carbons (Fsp3) is 0.846. The van der Waals surface area contributed by atoms with Crippen LogP contribution in [0.2, 0.25) is 0 Å². The summed E-state index contributed by atoms with van der Waals surface area (Å²) >= 11 is 0. The predicted octanol–water partition coefficient (Wildman–Crippen LogP) is 1.94. The molecule has 1 aliphatic heterocycles. The van der Waals surface area contributed by atoms with E-state index in [-0.39, 0.29) is 11.7 Å². The van der Waals surface area contributed by atoms with Crippen molar-refractivity contribution < 1.29 is 10.0 Å². The number of oxime groups is 1. The van der Waals surface area contributed by atoms with Crippen LogP contribution in [0.5, 0.6) is 0 Å². The average Bonchev–Trinajstić information content (AvgIpc) is 2.35. The van der Waals surface area contributed by atoms with Gasteiger partial charge in [0.2, 0.25) is 5.91 Å².